The van der Waals surface area contributed by atoms with Crippen LogP contribution < -0.4 is 5.32 Å². The lowest BCUT2D eigenvalue weighted by atomic mass is 10.0. The van der Waals surface area contributed by atoms with Crippen molar-refractivity contribution >= 4 is 0 Å². The Morgan fingerprint density at radius 3 is 2.94 bits per heavy atom. The number of aromatic nitrogens is 2. The van der Waals surface area contributed by atoms with Crippen molar-refractivity contribution in [2.75, 3.05) is 13.2 Å². The Kier molecular flexibility index (Phi) is 4.57. The molecule has 17 heavy (non-hydrogen) atoms. The van der Waals surface area contributed by atoms with Gasteiger partial charge in [0.1, 0.15) is 0 Å². The van der Waals surface area contributed by atoms with E-state index < -0.39 is 0 Å². The summed E-state index contributed by atoms with van der Waals surface area (Å²) in [4.78, 5) is 4.42. The summed E-state index contributed by atoms with van der Waals surface area (Å²) >= 11 is 0. The molecular formula is C13H23N3O. The minimum absolute atomic E-state index is 0.510. The van der Waals surface area contributed by atoms with Crippen LogP contribution in [-0.2, 0) is 17.8 Å². The summed E-state index contributed by atoms with van der Waals surface area (Å²) in [6.07, 6.45) is 6.47. The highest BCUT2D eigenvalue weighted by atomic mass is 16.5. The van der Waals surface area contributed by atoms with Gasteiger partial charge in [-0.25, -0.2) is 4.98 Å². The van der Waals surface area contributed by atoms with Crippen LogP contribution in [0.4, 0.5) is 0 Å². The molecule has 0 bridgehead atoms. The maximum absolute atomic E-state index is 5.37. The maximum Gasteiger partial charge on any atom is 0.0950 e. The van der Waals surface area contributed by atoms with Gasteiger partial charge in [0.15, 0.2) is 0 Å². The Hall–Kier alpha value is -0.870. The minimum atomic E-state index is 0.510. The lowest BCUT2D eigenvalue weighted by Crippen LogP contribution is -2.22. The molecule has 2 heterocycles. The van der Waals surface area contributed by atoms with Crippen molar-refractivity contribution in [2.45, 2.75) is 45.8 Å². The van der Waals surface area contributed by atoms with Gasteiger partial charge >= 0.3 is 0 Å². The number of hydrogen-bond acceptors (Lipinski definition) is 3. The van der Waals surface area contributed by atoms with Crippen LogP contribution >= 0.6 is 0 Å². The van der Waals surface area contributed by atoms with E-state index in [-0.39, 0.29) is 0 Å². The second-order valence-corrected chi connectivity index (χ2v) is 5.15. The first-order valence-electron chi connectivity index (χ1n) is 6.56. The van der Waals surface area contributed by atoms with Gasteiger partial charge < -0.3 is 14.6 Å². The normalized spacial score (nSPS) is 17.8. The van der Waals surface area contributed by atoms with E-state index in [9.17, 15) is 0 Å². The van der Waals surface area contributed by atoms with Crippen molar-refractivity contribution in [1.82, 2.24) is 14.9 Å². The predicted octanol–water partition coefficient (Wildman–Crippen LogP) is 1.81. The highest BCUT2D eigenvalue weighted by Crippen LogP contribution is 2.16. The molecule has 1 fully saturated rings. The third-order valence-corrected chi connectivity index (χ3v) is 3.19. The van der Waals surface area contributed by atoms with Crippen LogP contribution in [-0.4, -0.2) is 28.8 Å². The molecular weight excluding hydrogens is 214 g/mol. The third kappa shape index (κ3) is 4.13. The first-order valence-corrected chi connectivity index (χ1v) is 6.56. The van der Waals surface area contributed by atoms with Gasteiger partial charge in [0.2, 0.25) is 0 Å². The molecule has 0 amide bonds. The fourth-order valence-electron chi connectivity index (χ4n) is 2.13. The van der Waals surface area contributed by atoms with E-state index in [1.54, 1.807) is 0 Å². The second kappa shape index (κ2) is 6.17. The van der Waals surface area contributed by atoms with Crippen molar-refractivity contribution in [3.63, 3.8) is 0 Å². The van der Waals surface area contributed by atoms with Gasteiger partial charge in [0.05, 0.1) is 12.0 Å². The Morgan fingerprint density at radius 2 is 2.24 bits per heavy atom. The van der Waals surface area contributed by atoms with Crippen LogP contribution in [0.25, 0.3) is 0 Å². The molecule has 0 atom stereocenters. The topological polar surface area (TPSA) is 39.1 Å². The second-order valence-electron chi connectivity index (χ2n) is 5.15. The monoisotopic (exact) mass is 237 g/mol. The average Bonchev–Trinajstić information content (AvgIpc) is 2.75. The third-order valence-electron chi connectivity index (χ3n) is 3.19. The molecule has 0 aliphatic carbocycles. The number of ether oxygens (including phenoxy) is 1. The van der Waals surface area contributed by atoms with Crippen molar-refractivity contribution in [3.8, 4) is 0 Å². The van der Waals surface area contributed by atoms with E-state index in [1.807, 2.05) is 6.33 Å². The van der Waals surface area contributed by atoms with Crippen LogP contribution in [0.2, 0.25) is 0 Å². The molecule has 1 aromatic rings. The summed E-state index contributed by atoms with van der Waals surface area (Å²) in [5, 5.41) is 3.38. The number of nitrogens with zero attached hydrogens (tertiary/aromatic N) is 2. The summed E-state index contributed by atoms with van der Waals surface area (Å²) in [6.45, 7) is 8.08. The summed E-state index contributed by atoms with van der Waals surface area (Å²) in [7, 11) is 0. The number of nitrogens with one attached hydrogen (secondary N) is 1. The van der Waals surface area contributed by atoms with E-state index in [2.05, 4.69) is 34.9 Å². The predicted molar refractivity (Wildman–Crippen MR) is 67.7 cm³/mol. The van der Waals surface area contributed by atoms with Crippen molar-refractivity contribution in [1.29, 1.82) is 0 Å². The molecule has 1 N–H and O–H groups in total. The summed E-state index contributed by atoms with van der Waals surface area (Å²) in [5.74, 6) is 0.754. The van der Waals surface area contributed by atoms with Crippen molar-refractivity contribution in [2.24, 2.45) is 5.92 Å². The molecule has 0 spiro atoms. The fourth-order valence-corrected chi connectivity index (χ4v) is 2.13. The van der Waals surface area contributed by atoms with Gasteiger partial charge in [-0.15, -0.1) is 0 Å². The molecule has 1 saturated heterocycles. The maximum atomic E-state index is 5.37. The lowest BCUT2D eigenvalue weighted by Gasteiger charge is -2.22. The number of hydrogen-bond donors (Lipinski definition) is 1. The van der Waals surface area contributed by atoms with Crippen LogP contribution in [0.15, 0.2) is 12.5 Å². The number of rotatable bonds is 5. The molecule has 0 saturated carbocycles. The zero-order valence-electron chi connectivity index (χ0n) is 10.9. The summed E-state index contributed by atoms with van der Waals surface area (Å²) in [5.41, 5.74) is 1.13. The van der Waals surface area contributed by atoms with Crippen LogP contribution in [0, 0.1) is 5.92 Å². The highest BCUT2D eigenvalue weighted by Gasteiger charge is 2.14. The average molecular weight is 237 g/mol. The largest absolute Gasteiger partial charge is 0.381 e. The summed E-state index contributed by atoms with van der Waals surface area (Å²) < 4.78 is 7.59. The van der Waals surface area contributed by atoms with E-state index in [1.165, 1.54) is 12.8 Å². The van der Waals surface area contributed by atoms with E-state index in [0.29, 0.717) is 6.04 Å². The van der Waals surface area contributed by atoms with Crippen molar-refractivity contribution < 1.29 is 4.74 Å². The molecule has 96 valence electrons. The number of imidazole rings is 1. The Labute approximate surface area is 103 Å². The van der Waals surface area contributed by atoms with Gasteiger partial charge in [-0.3, -0.25) is 0 Å². The van der Waals surface area contributed by atoms with Gasteiger partial charge in [-0.1, -0.05) is 13.8 Å². The lowest BCUT2D eigenvalue weighted by molar-refractivity contribution is 0.0612. The van der Waals surface area contributed by atoms with Gasteiger partial charge in [-0.05, 0) is 18.8 Å². The van der Waals surface area contributed by atoms with E-state index >= 15 is 0 Å². The molecule has 0 unspecified atom stereocenters. The molecule has 4 heteroatoms. The first kappa shape index (κ1) is 12.6. The standard InChI is InChI=1S/C13H23N3O/c1-11(2)14-7-13-9-16(10-15-13)8-12-3-5-17-6-4-12/h9-12,14H,3-8H2,1-2H3. The molecule has 0 aromatic carbocycles. The molecule has 4 nitrogen and oxygen atoms in total. The summed E-state index contributed by atoms with van der Waals surface area (Å²) in [6, 6.07) is 0.510. The fraction of sp³-hybridized carbons (Fsp3) is 0.769. The molecule has 0 radical (unpaired) electrons. The molecule has 1 aliphatic heterocycles. The molecule has 2 rings (SSSR count). The van der Waals surface area contributed by atoms with E-state index in [0.717, 1.165) is 37.9 Å². The zero-order valence-corrected chi connectivity index (χ0v) is 10.9. The van der Waals surface area contributed by atoms with Gasteiger partial charge in [0, 0.05) is 38.5 Å². The SMILES string of the molecule is CC(C)NCc1cn(CC2CCOCC2)cn1. The Balaban J connectivity index is 1.80. The van der Waals surface area contributed by atoms with Crippen LogP contribution in [0.3, 0.4) is 0 Å². The smallest absolute Gasteiger partial charge is 0.0950 e. The van der Waals surface area contributed by atoms with Crippen molar-refractivity contribution in [3.05, 3.63) is 18.2 Å². The molecule has 1 aliphatic rings. The quantitative estimate of drug-likeness (QED) is 0.849. The Bertz CT molecular complexity index is 329. The molecule has 1 aromatic heterocycles. The minimum Gasteiger partial charge on any atom is -0.381 e. The van der Waals surface area contributed by atoms with Crippen LogP contribution in [0.1, 0.15) is 32.4 Å². The Morgan fingerprint density at radius 1 is 1.47 bits per heavy atom. The zero-order chi connectivity index (χ0) is 12.1. The first-order chi connectivity index (χ1) is 8.24. The highest BCUT2D eigenvalue weighted by molar-refractivity contribution is 4.96. The van der Waals surface area contributed by atoms with E-state index in [4.69, 9.17) is 4.74 Å². The van der Waals surface area contributed by atoms with Gasteiger partial charge in [-0.2, -0.15) is 0 Å². The van der Waals surface area contributed by atoms with Crippen LogP contribution in [0.5, 0.6) is 0 Å². The van der Waals surface area contributed by atoms with Gasteiger partial charge in [0.25, 0.3) is 0 Å².